The van der Waals surface area contributed by atoms with Crippen LogP contribution in [0.5, 0.6) is 0 Å². The molecule has 2 aliphatic rings. The van der Waals surface area contributed by atoms with Gasteiger partial charge >= 0.3 is 12.0 Å². The van der Waals surface area contributed by atoms with Gasteiger partial charge in [0, 0.05) is 13.0 Å². The third kappa shape index (κ3) is 9.73. The number of fused-ring (bicyclic) bond motifs is 1. The molecule has 0 aromatic heterocycles. The van der Waals surface area contributed by atoms with Crippen molar-refractivity contribution in [3.63, 3.8) is 0 Å². The average Bonchev–Trinajstić information content (AvgIpc) is 3.25. The molecule has 4 N–H and O–H groups in total. The maximum absolute atomic E-state index is 14.3. The number of ketones is 1. The molecule has 5 amide bonds. The van der Waals surface area contributed by atoms with Crippen LogP contribution in [0.15, 0.2) is 0 Å². The Kier molecular flexibility index (Phi) is 12.0. The first kappa shape index (κ1) is 39.1. The van der Waals surface area contributed by atoms with Gasteiger partial charge in [-0.25, -0.2) is 9.59 Å². The molecular formula is C35H53N5O7. The molecule has 0 bridgehead atoms. The van der Waals surface area contributed by atoms with Crippen molar-refractivity contribution >= 4 is 35.5 Å². The van der Waals surface area contributed by atoms with E-state index in [-0.39, 0.29) is 43.2 Å². The van der Waals surface area contributed by atoms with E-state index in [0.29, 0.717) is 0 Å². The van der Waals surface area contributed by atoms with E-state index in [4.69, 9.17) is 17.6 Å². The minimum atomic E-state index is -1.22. The molecule has 12 heteroatoms. The van der Waals surface area contributed by atoms with Gasteiger partial charge in [0.15, 0.2) is 0 Å². The van der Waals surface area contributed by atoms with Crippen molar-refractivity contribution in [2.24, 2.45) is 28.1 Å². The number of rotatable bonds is 11. The zero-order chi connectivity index (χ0) is 36.3. The van der Waals surface area contributed by atoms with Crippen molar-refractivity contribution in [3.8, 4) is 24.7 Å². The Bertz CT molecular complexity index is 1340. The van der Waals surface area contributed by atoms with E-state index < -0.39 is 76.1 Å². The molecule has 1 aliphatic carbocycles. The molecule has 6 atom stereocenters. The summed E-state index contributed by atoms with van der Waals surface area (Å²) in [6, 6.07) is -5.04. The molecule has 0 spiro atoms. The van der Waals surface area contributed by atoms with Crippen molar-refractivity contribution in [3.05, 3.63) is 0 Å². The number of nitrogens with one attached hydrogen (secondary N) is 4. The number of likely N-dealkylation sites (tertiary alicyclic amines) is 1. The maximum atomic E-state index is 14.3. The van der Waals surface area contributed by atoms with Crippen LogP contribution in [-0.2, 0) is 28.7 Å². The van der Waals surface area contributed by atoms with Gasteiger partial charge < -0.3 is 30.9 Å². The fraction of sp³-hybridized carbons (Fsp3) is 0.714. The molecule has 1 saturated heterocycles. The Balaban J connectivity index is 2.36. The summed E-state index contributed by atoms with van der Waals surface area (Å²) in [4.78, 5) is 81.4. The summed E-state index contributed by atoms with van der Waals surface area (Å²) < 4.78 is 5.54. The molecule has 1 saturated carbocycles. The third-order valence-corrected chi connectivity index (χ3v) is 8.72. The van der Waals surface area contributed by atoms with Gasteiger partial charge in [0.05, 0.1) is 12.6 Å². The minimum Gasteiger partial charge on any atom is -0.458 e. The first-order chi connectivity index (χ1) is 21.4. The van der Waals surface area contributed by atoms with Crippen molar-refractivity contribution in [1.82, 2.24) is 26.2 Å². The van der Waals surface area contributed by atoms with Crippen molar-refractivity contribution in [1.29, 1.82) is 0 Å². The molecule has 12 nitrogen and oxygen atoms in total. The zero-order valence-electron chi connectivity index (χ0n) is 29.8. The van der Waals surface area contributed by atoms with E-state index in [1.165, 1.54) is 4.90 Å². The largest absolute Gasteiger partial charge is 0.458 e. The molecule has 1 heterocycles. The molecule has 0 aromatic rings. The third-order valence-electron chi connectivity index (χ3n) is 8.72. The minimum absolute atomic E-state index is 0.00729. The summed E-state index contributed by atoms with van der Waals surface area (Å²) in [6.45, 7) is 20.0. The molecule has 1 aliphatic heterocycles. The number of nitrogens with zero attached hydrogens (tertiary/aromatic N) is 1. The van der Waals surface area contributed by atoms with Crippen LogP contribution in [0.2, 0.25) is 0 Å². The lowest BCUT2D eigenvalue weighted by Gasteiger charge is -2.38. The number of carbonyl (C=O) groups excluding carboxylic acids is 6. The lowest BCUT2D eigenvalue weighted by Crippen LogP contribution is -2.63. The summed E-state index contributed by atoms with van der Waals surface area (Å²) in [5.41, 5.74) is -2.55. The standard InChI is InChI=1S/C35H53N5O7/c1-14-16-17-21(24(41)28(43)36-18-15-2)37-27(42)23-22-20(35(22,12)13)19-40(23)29(44)25(32(3,4)5)38-31(46)39-26(33(6,7)8)30(45)47-34(9,10)11/h1-2,20-23,25-26H,16-19H2,3-13H3,(H,36,43)(H,37,42)(H2,38,39,46)/t20-,21?,22-,23-,25+,26?/m0/s1. The molecular weight excluding hydrogens is 602 g/mol. The van der Waals surface area contributed by atoms with E-state index in [1.807, 2.05) is 13.8 Å². The van der Waals surface area contributed by atoms with E-state index in [1.54, 1.807) is 62.3 Å². The normalized spacial score (nSPS) is 21.8. The number of urea groups is 1. The zero-order valence-corrected chi connectivity index (χ0v) is 29.8. The van der Waals surface area contributed by atoms with Gasteiger partial charge in [-0.15, -0.1) is 18.8 Å². The Hall–Kier alpha value is -4.06. The first-order valence-corrected chi connectivity index (χ1v) is 16.0. The molecule has 47 heavy (non-hydrogen) atoms. The monoisotopic (exact) mass is 655 g/mol. The van der Waals surface area contributed by atoms with Crippen molar-refractivity contribution < 1.29 is 33.5 Å². The molecule has 2 unspecified atom stereocenters. The quantitative estimate of drug-likeness (QED) is 0.151. The van der Waals surface area contributed by atoms with Gasteiger partial charge in [0.25, 0.3) is 5.91 Å². The van der Waals surface area contributed by atoms with Crippen LogP contribution in [0.4, 0.5) is 4.79 Å². The number of carbonyl (C=O) groups is 6. The highest BCUT2D eigenvalue weighted by molar-refractivity contribution is 6.38. The second-order valence-electron chi connectivity index (χ2n) is 16.2. The van der Waals surface area contributed by atoms with Gasteiger partial charge in [-0.05, 0) is 55.3 Å². The second-order valence-corrected chi connectivity index (χ2v) is 16.2. The number of piperidine rings is 1. The Morgan fingerprint density at radius 2 is 1.43 bits per heavy atom. The maximum Gasteiger partial charge on any atom is 0.329 e. The van der Waals surface area contributed by atoms with E-state index >= 15 is 0 Å². The first-order valence-electron chi connectivity index (χ1n) is 16.0. The summed E-state index contributed by atoms with van der Waals surface area (Å²) in [5.74, 6) is 0.906. The molecule has 260 valence electrons. The summed E-state index contributed by atoms with van der Waals surface area (Å²) >= 11 is 0. The lowest BCUT2D eigenvalue weighted by atomic mass is 9.85. The number of hydrogen-bond donors (Lipinski definition) is 4. The summed E-state index contributed by atoms with van der Waals surface area (Å²) in [7, 11) is 0. The van der Waals surface area contributed by atoms with Crippen LogP contribution < -0.4 is 21.3 Å². The van der Waals surface area contributed by atoms with Crippen molar-refractivity contribution in [2.75, 3.05) is 13.1 Å². The van der Waals surface area contributed by atoms with Crippen LogP contribution in [0, 0.1) is 52.8 Å². The molecule has 2 rings (SSSR count). The summed E-state index contributed by atoms with van der Waals surface area (Å²) in [5, 5.41) is 10.4. The van der Waals surface area contributed by atoms with Crippen LogP contribution in [0.25, 0.3) is 0 Å². The molecule has 2 fully saturated rings. The van der Waals surface area contributed by atoms with Gasteiger partial charge in [-0.2, -0.15) is 0 Å². The van der Waals surface area contributed by atoms with Gasteiger partial charge in [-0.1, -0.05) is 61.3 Å². The highest BCUT2D eigenvalue weighted by Crippen LogP contribution is 2.65. The smallest absolute Gasteiger partial charge is 0.329 e. The van der Waals surface area contributed by atoms with Crippen molar-refractivity contribution in [2.45, 2.75) is 119 Å². The van der Waals surface area contributed by atoms with Crippen LogP contribution in [0.1, 0.15) is 89.0 Å². The van der Waals surface area contributed by atoms with E-state index in [2.05, 4.69) is 33.1 Å². The number of amides is 5. The Morgan fingerprint density at radius 1 is 0.872 bits per heavy atom. The fourth-order valence-electron chi connectivity index (χ4n) is 6.05. The topological polar surface area (TPSA) is 163 Å². The van der Waals surface area contributed by atoms with Crippen LogP contribution >= 0.6 is 0 Å². The second kappa shape index (κ2) is 14.4. The van der Waals surface area contributed by atoms with E-state index in [9.17, 15) is 28.8 Å². The lowest BCUT2D eigenvalue weighted by molar-refractivity contribution is -0.160. The number of ether oxygens (including phenoxy) is 1. The Morgan fingerprint density at radius 3 is 1.91 bits per heavy atom. The molecule has 0 aromatic carbocycles. The highest BCUT2D eigenvalue weighted by Gasteiger charge is 2.70. The predicted molar refractivity (Wildman–Crippen MR) is 177 cm³/mol. The predicted octanol–water partition coefficient (Wildman–Crippen LogP) is 2.16. The van der Waals surface area contributed by atoms with Gasteiger partial charge in [0.1, 0.15) is 23.7 Å². The average molecular weight is 656 g/mol. The highest BCUT2D eigenvalue weighted by atomic mass is 16.6. The Labute approximate surface area is 279 Å². The number of esters is 1. The summed E-state index contributed by atoms with van der Waals surface area (Å²) in [6.07, 6.45) is 10.7. The fourth-order valence-corrected chi connectivity index (χ4v) is 6.05. The number of hydrogen-bond acceptors (Lipinski definition) is 7. The number of Topliss-reactive ketones (excluding diaryl/α,β-unsaturated/α-hetero) is 1. The number of terminal acetylenes is 2. The van der Waals surface area contributed by atoms with E-state index in [0.717, 1.165) is 0 Å². The van der Waals surface area contributed by atoms with Gasteiger partial charge in [-0.3, -0.25) is 19.2 Å². The SMILES string of the molecule is C#CCCC(NC(=O)[C@@H]1[C@@H]2[C@H](CN1C(=O)[C@@H](NC(=O)NC(C(=O)OC(C)(C)C)C(C)(C)C)C(C)(C)C)C2(C)C)C(=O)C(=O)NCC#C. The molecule has 0 radical (unpaired) electrons. The van der Waals surface area contributed by atoms with Crippen LogP contribution in [-0.4, -0.2) is 83.3 Å². The van der Waals surface area contributed by atoms with Gasteiger partial charge in [0.2, 0.25) is 17.6 Å². The van der Waals surface area contributed by atoms with Crippen LogP contribution in [0.3, 0.4) is 0 Å².